The van der Waals surface area contributed by atoms with Gasteiger partial charge in [-0.15, -0.1) is 0 Å². The molecule has 0 aliphatic carbocycles. The Balaban J connectivity index is 1.95. The van der Waals surface area contributed by atoms with Gasteiger partial charge < -0.3 is 9.80 Å². The lowest BCUT2D eigenvalue weighted by atomic mass is 9.69. The molecule has 2 fully saturated rings. The molecule has 1 amide bonds. The van der Waals surface area contributed by atoms with Gasteiger partial charge in [-0.05, 0) is 32.0 Å². The van der Waals surface area contributed by atoms with E-state index in [2.05, 4.69) is 42.3 Å². The highest BCUT2D eigenvalue weighted by Gasteiger charge is 2.50. The minimum absolute atomic E-state index is 0.210. The molecule has 0 N–H and O–H groups in total. The summed E-state index contributed by atoms with van der Waals surface area (Å²) in [5.74, 6) is 0.210. The van der Waals surface area contributed by atoms with Crippen LogP contribution in [-0.2, 0) is 10.2 Å². The third kappa shape index (κ3) is 1.96. The zero-order valence-corrected chi connectivity index (χ0v) is 11.8. The average molecular weight is 258 g/mol. The van der Waals surface area contributed by atoms with Gasteiger partial charge in [0, 0.05) is 31.5 Å². The first-order chi connectivity index (χ1) is 9.13. The van der Waals surface area contributed by atoms with E-state index in [0.29, 0.717) is 6.04 Å². The van der Waals surface area contributed by atoms with Crippen molar-refractivity contribution in [2.45, 2.75) is 31.2 Å². The van der Waals surface area contributed by atoms with E-state index in [1.165, 1.54) is 12.0 Å². The maximum atomic E-state index is 11.6. The van der Waals surface area contributed by atoms with E-state index in [-0.39, 0.29) is 11.3 Å². The van der Waals surface area contributed by atoms with E-state index >= 15 is 0 Å². The normalized spacial score (nSPS) is 31.3. The van der Waals surface area contributed by atoms with Gasteiger partial charge in [0.1, 0.15) is 0 Å². The summed E-state index contributed by atoms with van der Waals surface area (Å²) in [6, 6.07) is 11.3. The van der Waals surface area contributed by atoms with Gasteiger partial charge in [0.15, 0.2) is 0 Å². The van der Waals surface area contributed by atoms with Gasteiger partial charge >= 0.3 is 0 Å². The monoisotopic (exact) mass is 258 g/mol. The molecule has 3 nitrogen and oxygen atoms in total. The van der Waals surface area contributed by atoms with Crippen LogP contribution < -0.4 is 0 Å². The van der Waals surface area contributed by atoms with Crippen molar-refractivity contribution >= 4 is 5.91 Å². The standard InChI is InChI=1S/C16H22N2O/c1-13(19)18-11-9-16(14-6-4-3-5-7-14)8-10-17(2)15(16)12-18/h3-7,15H,8-12H2,1-2H3. The molecule has 0 radical (unpaired) electrons. The maximum Gasteiger partial charge on any atom is 0.219 e. The number of fused-ring (bicyclic) bond motifs is 1. The fraction of sp³-hybridized carbons (Fsp3) is 0.562. The lowest BCUT2D eigenvalue weighted by Gasteiger charge is -2.46. The van der Waals surface area contributed by atoms with Crippen LogP contribution in [0.1, 0.15) is 25.3 Å². The number of amides is 1. The summed E-state index contributed by atoms with van der Waals surface area (Å²) in [5, 5.41) is 0. The van der Waals surface area contributed by atoms with Crippen LogP contribution >= 0.6 is 0 Å². The van der Waals surface area contributed by atoms with Crippen LogP contribution in [-0.4, -0.2) is 48.4 Å². The zero-order valence-electron chi connectivity index (χ0n) is 11.8. The minimum Gasteiger partial charge on any atom is -0.341 e. The predicted molar refractivity (Wildman–Crippen MR) is 76.0 cm³/mol. The summed E-state index contributed by atoms with van der Waals surface area (Å²) in [4.78, 5) is 16.1. The van der Waals surface area contributed by atoms with Crippen molar-refractivity contribution < 1.29 is 4.79 Å². The van der Waals surface area contributed by atoms with Crippen LogP contribution in [0.5, 0.6) is 0 Å². The number of hydrogen-bond acceptors (Lipinski definition) is 2. The SMILES string of the molecule is CC(=O)N1CCC2(c3ccccc3)CCN(C)C2C1. The van der Waals surface area contributed by atoms with Crippen molar-refractivity contribution in [3.63, 3.8) is 0 Å². The van der Waals surface area contributed by atoms with Crippen LogP contribution in [0.3, 0.4) is 0 Å². The summed E-state index contributed by atoms with van der Waals surface area (Å²) in [7, 11) is 2.19. The number of piperidine rings is 1. The van der Waals surface area contributed by atoms with Crippen molar-refractivity contribution in [3.05, 3.63) is 35.9 Å². The molecular weight excluding hydrogens is 236 g/mol. The summed E-state index contributed by atoms with van der Waals surface area (Å²) in [6.07, 6.45) is 2.30. The van der Waals surface area contributed by atoms with Crippen LogP contribution in [0, 0.1) is 0 Å². The first-order valence-electron chi connectivity index (χ1n) is 7.15. The molecule has 3 heteroatoms. The Morgan fingerprint density at radius 2 is 1.89 bits per heavy atom. The molecule has 2 heterocycles. The Hall–Kier alpha value is -1.35. The molecule has 0 bridgehead atoms. The van der Waals surface area contributed by atoms with Gasteiger partial charge in [0.2, 0.25) is 5.91 Å². The van der Waals surface area contributed by atoms with Crippen molar-refractivity contribution in [2.75, 3.05) is 26.7 Å². The quantitative estimate of drug-likeness (QED) is 0.768. The molecule has 2 aliphatic rings. The zero-order chi connectivity index (χ0) is 13.5. The van der Waals surface area contributed by atoms with Crippen LogP contribution in [0.25, 0.3) is 0 Å². The first kappa shape index (κ1) is 12.7. The van der Waals surface area contributed by atoms with Crippen molar-refractivity contribution in [3.8, 4) is 0 Å². The largest absolute Gasteiger partial charge is 0.341 e. The highest BCUT2D eigenvalue weighted by atomic mass is 16.2. The van der Waals surface area contributed by atoms with Crippen LogP contribution in [0.4, 0.5) is 0 Å². The maximum absolute atomic E-state index is 11.6. The molecule has 0 aromatic heterocycles. The fourth-order valence-corrected chi connectivity index (χ4v) is 3.90. The Bertz CT molecular complexity index is 473. The summed E-state index contributed by atoms with van der Waals surface area (Å²) >= 11 is 0. The summed E-state index contributed by atoms with van der Waals surface area (Å²) < 4.78 is 0. The van der Waals surface area contributed by atoms with Gasteiger partial charge in [-0.3, -0.25) is 4.79 Å². The van der Waals surface area contributed by atoms with Crippen molar-refractivity contribution in [1.82, 2.24) is 9.80 Å². The number of carbonyl (C=O) groups excluding carboxylic acids is 1. The van der Waals surface area contributed by atoms with E-state index in [0.717, 1.165) is 26.1 Å². The van der Waals surface area contributed by atoms with E-state index in [1.807, 2.05) is 4.90 Å². The van der Waals surface area contributed by atoms with Gasteiger partial charge in [-0.1, -0.05) is 30.3 Å². The highest BCUT2D eigenvalue weighted by Crippen LogP contribution is 2.45. The highest BCUT2D eigenvalue weighted by molar-refractivity contribution is 5.73. The van der Waals surface area contributed by atoms with Crippen LogP contribution in [0.15, 0.2) is 30.3 Å². The molecule has 0 spiro atoms. The molecule has 2 saturated heterocycles. The van der Waals surface area contributed by atoms with Crippen molar-refractivity contribution in [1.29, 1.82) is 0 Å². The average Bonchev–Trinajstić information content (AvgIpc) is 2.78. The van der Waals surface area contributed by atoms with Gasteiger partial charge in [0.05, 0.1) is 0 Å². The number of nitrogens with zero attached hydrogens (tertiary/aromatic N) is 2. The number of likely N-dealkylation sites (N-methyl/N-ethyl adjacent to an activating group) is 1. The van der Waals surface area contributed by atoms with E-state index in [4.69, 9.17) is 0 Å². The molecule has 0 saturated carbocycles. The van der Waals surface area contributed by atoms with E-state index < -0.39 is 0 Å². The third-order valence-corrected chi connectivity index (χ3v) is 5.10. The lowest BCUT2D eigenvalue weighted by molar-refractivity contribution is -0.131. The second kappa shape index (κ2) is 4.64. The molecule has 102 valence electrons. The minimum atomic E-state index is 0.210. The third-order valence-electron chi connectivity index (χ3n) is 5.10. The Morgan fingerprint density at radius 3 is 2.58 bits per heavy atom. The van der Waals surface area contributed by atoms with E-state index in [1.54, 1.807) is 6.92 Å². The number of benzene rings is 1. The molecule has 19 heavy (non-hydrogen) atoms. The number of hydrogen-bond donors (Lipinski definition) is 0. The number of rotatable bonds is 1. The molecular formula is C16H22N2O. The summed E-state index contributed by atoms with van der Waals surface area (Å²) in [5.41, 5.74) is 1.70. The van der Waals surface area contributed by atoms with Gasteiger partial charge in [0.25, 0.3) is 0 Å². The molecule has 3 rings (SSSR count). The first-order valence-corrected chi connectivity index (χ1v) is 7.15. The predicted octanol–water partition coefficient (Wildman–Crippen LogP) is 1.88. The molecule has 2 unspecified atom stereocenters. The molecule has 2 aliphatic heterocycles. The summed E-state index contributed by atoms with van der Waals surface area (Å²) in [6.45, 7) is 4.59. The second-order valence-corrected chi connectivity index (χ2v) is 5.98. The van der Waals surface area contributed by atoms with Gasteiger partial charge in [-0.25, -0.2) is 0 Å². The van der Waals surface area contributed by atoms with E-state index in [9.17, 15) is 4.79 Å². The number of carbonyl (C=O) groups is 1. The molecule has 2 atom stereocenters. The van der Waals surface area contributed by atoms with Crippen LogP contribution in [0.2, 0.25) is 0 Å². The van der Waals surface area contributed by atoms with Gasteiger partial charge in [-0.2, -0.15) is 0 Å². The molecule has 1 aromatic carbocycles. The second-order valence-electron chi connectivity index (χ2n) is 5.98. The smallest absolute Gasteiger partial charge is 0.219 e. The lowest BCUT2D eigenvalue weighted by Crippen LogP contribution is -2.55. The Labute approximate surface area is 115 Å². The molecule has 1 aromatic rings. The van der Waals surface area contributed by atoms with Crippen molar-refractivity contribution in [2.24, 2.45) is 0 Å². The topological polar surface area (TPSA) is 23.6 Å². The Morgan fingerprint density at radius 1 is 1.21 bits per heavy atom. The number of likely N-dealkylation sites (tertiary alicyclic amines) is 2. The Kier molecular flexibility index (Phi) is 3.09. The fourth-order valence-electron chi connectivity index (χ4n) is 3.90.